The molecule has 0 fully saturated rings. The number of pyridine rings is 1. The van der Waals surface area contributed by atoms with Gasteiger partial charge in [-0.15, -0.1) is 0 Å². The zero-order valence-corrected chi connectivity index (χ0v) is 10.3. The highest BCUT2D eigenvalue weighted by molar-refractivity contribution is 6.30. The van der Waals surface area contributed by atoms with E-state index in [2.05, 4.69) is 10.3 Å². The predicted molar refractivity (Wildman–Crippen MR) is 68.0 cm³/mol. The van der Waals surface area contributed by atoms with Crippen molar-refractivity contribution < 1.29 is 4.39 Å². The Morgan fingerprint density at radius 2 is 2.00 bits per heavy atom. The number of nitrogens with zero attached hydrogens (tertiary/aromatic N) is 1. The number of aromatic nitrogens is 1. The van der Waals surface area contributed by atoms with Gasteiger partial charge in [0.05, 0.1) is 16.9 Å². The van der Waals surface area contributed by atoms with Gasteiger partial charge in [0.2, 0.25) is 0 Å². The van der Waals surface area contributed by atoms with Crippen LogP contribution in [0.25, 0.3) is 0 Å². The SMILES string of the molecule is Fc1cc(CNc2ccc(Cl)nc2)ccc1Cl. The van der Waals surface area contributed by atoms with Gasteiger partial charge in [0.1, 0.15) is 11.0 Å². The van der Waals surface area contributed by atoms with Crippen LogP contribution in [-0.2, 0) is 6.54 Å². The van der Waals surface area contributed by atoms with Crippen LogP contribution in [0.1, 0.15) is 5.56 Å². The van der Waals surface area contributed by atoms with Crippen LogP contribution in [0.2, 0.25) is 10.2 Å². The van der Waals surface area contributed by atoms with Gasteiger partial charge < -0.3 is 5.32 Å². The number of anilines is 1. The van der Waals surface area contributed by atoms with Gasteiger partial charge in [-0.3, -0.25) is 0 Å². The fourth-order valence-corrected chi connectivity index (χ4v) is 1.56. The Labute approximate surface area is 108 Å². The number of benzene rings is 1. The molecule has 2 aromatic rings. The van der Waals surface area contributed by atoms with Crippen LogP contribution < -0.4 is 5.32 Å². The molecule has 88 valence electrons. The van der Waals surface area contributed by atoms with Gasteiger partial charge in [-0.05, 0) is 29.8 Å². The summed E-state index contributed by atoms with van der Waals surface area (Å²) in [4.78, 5) is 3.93. The molecule has 0 spiro atoms. The second kappa shape index (κ2) is 5.34. The maximum absolute atomic E-state index is 13.2. The van der Waals surface area contributed by atoms with Crippen LogP contribution in [-0.4, -0.2) is 4.98 Å². The quantitative estimate of drug-likeness (QED) is 0.848. The normalized spacial score (nSPS) is 10.3. The Bertz CT molecular complexity index is 514. The monoisotopic (exact) mass is 270 g/mol. The minimum Gasteiger partial charge on any atom is -0.380 e. The maximum Gasteiger partial charge on any atom is 0.142 e. The fourth-order valence-electron chi connectivity index (χ4n) is 1.33. The molecule has 2 nitrogen and oxygen atoms in total. The molecule has 1 aromatic heterocycles. The van der Waals surface area contributed by atoms with Crippen LogP contribution in [0.4, 0.5) is 10.1 Å². The van der Waals surface area contributed by atoms with E-state index in [0.29, 0.717) is 11.7 Å². The molecule has 0 amide bonds. The Morgan fingerprint density at radius 3 is 2.65 bits per heavy atom. The third-order valence-corrected chi connectivity index (χ3v) is 2.74. The molecule has 0 unspecified atom stereocenters. The van der Waals surface area contributed by atoms with E-state index < -0.39 is 5.82 Å². The number of rotatable bonds is 3. The van der Waals surface area contributed by atoms with Crippen LogP contribution >= 0.6 is 23.2 Å². The van der Waals surface area contributed by atoms with Crippen molar-refractivity contribution in [3.8, 4) is 0 Å². The van der Waals surface area contributed by atoms with Crippen LogP contribution in [0, 0.1) is 5.82 Å². The molecule has 0 bridgehead atoms. The summed E-state index contributed by atoms with van der Waals surface area (Å²) in [6, 6.07) is 8.20. The van der Waals surface area contributed by atoms with E-state index in [9.17, 15) is 4.39 Å². The van der Waals surface area contributed by atoms with E-state index in [4.69, 9.17) is 23.2 Å². The van der Waals surface area contributed by atoms with Crippen molar-refractivity contribution in [2.24, 2.45) is 0 Å². The van der Waals surface area contributed by atoms with Crippen molar-refractivity contribution in [3.05, 3.63) is 58.1 Å². The summed E-state index contributed by atoms with van der Waals surface area (Å²) in [6.07, 6.45) is 1.62. The molecule has 1 aromatic carbocycles. The summed E-state index contributed by atoms with van der Waals surface area (Å²) in [5.74, 6) is -0.416. The van der Waals surface area contributed by atoms with Crippen molar-refractivity contribution in [3.63, 3.8) is 0 Å². The van der Waals surface area contributed by atoms with Gasteiger partial charge in [-0.1, -0.05) is 29.3 Å². The van der Waals surface area contributed by atoms with Gasteiger partial charge in [0, 0.05) is 6.54 Å². The minimum absolute atomic E-state index is 0.127. The third kappa shape index (κ3) is 3.32. The maximum atomic E-state index is 13.2. The molecule has 17 heavy (non-hydrogen) atoms. The summed E-state index contributed by atoms with van der Waals surface area (Å²) >= 11 is 11.3. The lowest BCUT2D eigenvalue weighted by atomic mass is 10.2. The summed E-state index contributed by atoms with van der Waals surface area (Å²) in [6.45, 7) is 0.497. The van der Waals surface area contributed by atoms with E-state index >= 15 is 0 Å². The zero-order valence-electron chi connectivity index (χ0n) is 8.75. The fraction of sp³-hybridized carbons (Fsp3) is 0.0833. The van der Waals surface area contributed by atoms with Gasteiger partial charge in [0.25, 0.3) is 0 Å². The van der Waals surface area contributed by atoms with E-state index in [0.717, 1.165) is 11.3 Å². The average molecular weight is 271 g/mol. The molecule has 0 radical (unpaired) electrons. The van der Waals surface area contributed by atoms with Crippen molar-refractivity contribution >= 4 is 28.9 Å². The third-order valence-electron chi connectivity index (χ3n) is 2.21. The molecule has 0 aliphatic carbocycles. The first-order valence-corrected chi connectivity index (χ1v) is 5.70. The van der Waals surface area contributed by atoms with Crippen molar-refractivity contribution in [1.29, 1.82) is 0 Å². The topological polar surface area (TPSA) is 24.9 Å². The molecule has 0 atom stereocenters. The molecule has 0 saturated carbocycles. The molecule has 0 aliphatic heterocycles. The highest BCUT2D eigenvalue weighted by Crippen LogP contribution is 2.17. The molecule has 5 heteroatoms. The zero-order chi connectivity index (χ0) is 12.3. The van der Waals surface area contributed by atoms with E-state index in [1.807, 2.05) is 6.07 Å². The Balaban J connectivity index is 2.02. The molecule has 1 heterocycles. The van der Waals surface area contributed by atoms with Gasteiger partial charge in [0.15, 0.2) is 0 Å². The first-order chi connectivity index (χ1) is 8.15. The van der Waals surface area contributed by atoms with Crippen molar-refractivity contribution in [2.45, 2.75) is 6.54 Å². The minimum atomic E-state index is -0.416. The highest BCUT2D eigenvalue weighted by Gasteiger charge is 2.01. The van der Waals surface area contributed by atoms with Gasteiger partial charge in [-0.25, -0.2) is 9.37 Å². The first-order valence-electron chi connectivity index (χ1n) is 4.94. The largest absolute Gasteiger partial charge is 0.380 e. The van der Waals surface area contributed by atoms with E-state index in [1.165, 1.54) is 12.1 Å². The Hall–Kier alpha value is -1.32. The average Bonchev–Trinajstić information content (AvgIpc) is 2.33. The summed E-state index contributed by atoms with van der Waals surface area (Å²) in [5, 5.41) is 3.67. The molecule has 2 rings (SSSR count). The van der Waals surface area contributed by atoms with Crippen molar-refractivity contribution in [1.82, 2.24) is 4.98 Å². The number of halogens is 3. The molecule has 0 saturated heterocycles. The standard InChI is InChI=1S/C12H9Cl2FN2/c13-10-3-1-8(5-11(10)15)6-16-9-2-4-12(14)17-7-9/h1-5,7,16H,6H2. The lowest BCUT2D eigenvalue weighted by Gasteiger charge is -2.06. The Morgan fingerprint density at radius 1 is 1.18 bits per heavy atom. The summed E-state index contributed by atoms with van der Waals surface area (Å²) in [7, 11) is 0. The smallest absolute Gasteiger partial charge is 0.142 e. The van der Waals surface area contributed by atoms with E-state index in [1.54, 1.807) is 18.3 Å². The molecular weight excluding hydrogens is 262 g/mol. The van der Waals surface area contributed by atoms with Gasteiger partial charge in [-0.2, -0.15) is 0 Å². The van der Waals surface area contributed by atoms with E-state index in [-0.39, 0.29) is 5.02 Å². The number of hydrogen-bond donors (Lipinski definition) is 1. The predicted octanol–water partition coefficient (Wildman–Crippen LogP) is 4.14. The highest BCUT2D eigenvalue weighted by atomic mass is 35.5. The van der Waals surface area contributed by atoms with Crippen molar-refractivity contribution in [2.75, 3.05) is 5.32 Å². The first kappa shape index (κ1) is 12.1. The molecule has 1 N–H and O–H groups in total. The Kier molecular flexibility index (Phi) is 3.82. The van der Waals surface area contributed by atoms with Crippen LogP contribution in [0.15, 0.2) is 36.5 Å². The second-order valence-electron chi connectivity index (χ2n) is 3.47. The second-order valence-corrected chi connectivity index (χ2v) is 4.27. The summed E-state index contributed by atoms with van der Waals surface area (Å²) < 4.78 is 13.2. The number of nitrogens with one attached hydrogen (secondary N) is 1. The number of hydrogen-bond acceptors (Lipinski definition) is 2. The van der Waals surface area contributed by atoms with Crippen LogP contribution in [0.5, 0.6) is 0 Å². The van der Waals surface area contributed by atoms with Gasteiger partial charge >= 0.3 is 0 Å². The molecular formula is C12H9Cl2FN2. The van der Waals surface area contributed by atoms with Crippen LogP contribution in [0.3, 0.4) is 0 Å². The molecule has 0 aliphatic rings. The lowest BCUT2D eigenvalue weighted by Crippen LogP contribution is -2.00. The lowest BCUT2D eigenvalue weighted by molar-refractivity contribution is 0.626. The summed E-state index contributed by atoms with van der Waals surface area (Å²) in [5.41, 5.74) is 1.63.